The summed E-state index contributed by atoms with van der Waals surface area (Å²) in [7, 11) is 1.35. The van der Waals surface area contributed by atoms with Gasteiger partial charge in [-0.3, -0.25) is 0 Å². The molecule has 2 aromatic rings. The first-order valence-corrected chi connectivity index (χ1v) is 10.1. The average Bonchev–Trinajstić information content (AvgIpc) is 3.27. The van der Waals surface area contributed by atoms with Crippen molar-refractivity contribution in [2.45, 2.75) is 65.5 Å². The SMILES string of the molecule is COC(=O)c1cc(CN(CC2(C)CCCC2)C(=O)OC(C)(C)C)cn2ccnc12. The van der Waals surface area contributed by atoms with Gasteiger partial charge in [0.25, 0.3) is 0 Å². The summed E-state index contributed by atoms with van der Waals surface area (Å²) in [4.78, 5) is 31.2. The summed E-state index contributed by atoms with van der Waals surface area (Å²) in [5, 5.41) is 0. The Labute approximate surface area is 172 Å². The maximum atomic E-state index is 13.0. The number of aromatic nitrogens is 2. The van der Waals surface area contributed by atoms with Gasteiger partial charge in [0.15, 0.2) is 5.65 Å². The highest BCUT2D eigenvalue weighted by Gasteiger charge is 2.34. The molecule has 0 atom stereocenters. The van der Waals surface area contributed by atoms with Crippen LogP contribution in [0.2, 0.25) is 0 Å². The second kappa shape index (κ2) is 8.05. The first-order valence-electron chi connectivity index (χ1n) is 10.1. The predicted octanol–water partition coefficient (Wildman–Crippen LogP) is 4.44. The van der Waals surface area contributed by atoms with Crippen LogP contribution in [0.15, 0.2) is 24.7 Å². The van der Waals surface area contributed by atoms with Crippen LogP contribution in [0, 0.1) is 5.41 Å². The van der Waals surface area contributed by atoms with E-state index in [1.54, 1.807) is 27.8 Å². The zero-order valence-electron chi connectivity index (χ0n) is 18.0. The lowest BCUT2D eigenvalue weighted by molar-refractivity contribution is 0.0150. The summed E-state index contributed by atoms with van der Waals surface area (Å²) in [6, 6.07) is 1.75. The van der Waals surface area contributed by atoms with Crippen LogP contribution >= 0.6 is 0 Å². The van der Waals surface area contributed by atoms with Crippen LogP contribution in [0.1, 0.15) is 69.3 Å². The number of pyridine rings is 1. The highest BCUT2D eigenvalue weighted by atomic mass is 16.6. The van der Waals surface area contributed by atoms with Crippen molar-refractivity contribution in [2.75, 3.05) is 13.7 Å². The number of rotatable bonds is 5. The van der Waals surface area contributed by atoms with Crippen molar-refractivity contribution in [3.05, 3.63) is 35.8 Å². The fourth-order valence-corrected chi connectivity index (χ4v) is 4.02. The number of methoxy groups -OCH3 is 1. The van der Waals surface area contributed by atoms with Gasteiger partial charge in [0.2, 0.25) is 0 Å². The molecule has 1 amide bonds. The van der Waals surface area contributed by atoms with Crippen LogP contribution in [-0.2, 0) is 16.0 Å². The van der Waals surface area contributed by atoms with E-state index >= 15 is 0 Å². The van der Waals surface area contributed by atoms with Gasteiger partial charge in [-0.2, -0.15) is 0 Å². The summed E-state index contributed by atoms with van der Waals surface area (Å²) in [5.41, 5.74) is 1.25. The number of carbonyl (C=O) groups excluding carboxylic acids is 2. The molecule has 0 aliphatic heterocycles. The van der Waals surface area contributed by atoms with Crippen molar-refractivity contribution >= 4 is 17.7 Å². The summed E-state index contributed by atoms with van der Waals surface area (Å²) in [6.45, 7) is 8.81. The van der Waals surface area contributed by atoms with Gasteiger partial charge in [0.1, 0.15) is 11.2 Å². The highest BCUT2D eigenvalue weighted by Crippen LogP contribution is 2.38. The molecular weight excluding hydrogens is 370 g/mol. The van der Waals surface area contributed by atoms with Crippen molar-refractivity contribution in [1.82, 2.24) is 14.3 Å². The van der Waals surface area contributed by atoms with Gasteiger partial charge in [-0.05, 0) is 50.7 Å². The molecule has 0 spiro atoms. The molecule has 7 nitrogen and oxygen atoms in total. The maximum absolute atomic E-state index is 13.0. The number of nitrogens with zero attached hydrogens (tertiary/aromatic N) is 3. The molecule has 3 rings (SSSR count). The van der Waals surface area contributed by atoms with E-state index in [0.717, 1.165) is 18.4 Å². The molecule has 0 N–H and O–H groups in total. The molecule has 0 aromatic carbocycles. The topological polar surface area (TPSA) is 73.1 Å². The number of amides is 1. The first-order chi connectivity index (χ1) is 13.6. The Morgan fingerprint density at radius 3 is 2.59 bits per heavy atom. The number of hydrogen-bond acceptors (Lipinski definition) is 5. The zero-order valence-corrected chi connectivity index (χ0v) is 18.0. The second-order valence-corrected chi connectivity index (χ2v) is 9.27. The van der Waals surface area contributed by atoms with Crippen LogP contribution < -0.4 is 0 Å². The number of fused-ring (bicyclic) bond motifs is 1. The van der Waals surface area contributed by atoms with Gasteiger partial charge < -0.3 is 18.8 Å². The van der Waals surface area contributed by atoms with Crippen molar-refractivity contribution < 1.29 is 19.1 Å². The van der Waals surface area contributed by atoms with Gasteiger partial charge in [-0.1, -0.05) is 19.8 Å². The summed E-state index contributed by atoms with van der Waals surface area (Å²) in [5.74, 6) is -0.449. The van der Waals surface area contributed by atoms with Gasteiger partial charge in [-0.25, -0.2) is 14.6 Å². The van der Waals surface area contributed by atoms with E-state index in [-0.39, 0.29) is 11.5 Å². The molecular formula is C22H31N3O4. The number of carbonyl (C=O) groups is 2. The van der Waals surface area contributed by atoms with Gasteiger partial charge in [0, 0.05) is 25.1 Å². The van der Waals surface area contributed by atoms with E-state index in [2.05, 4.69) is 11.9 Å². The third kappa shape index (κ3) is 5.08. The van der Waals surface area contributed by atoms with E-state index in [1.165, 1.54) is 20.0 Å². The summed E-state index contributed by atoms with van der Waals surface area (Å²) in [6.07, 6.45) is 9.54. The quantitative estimate of drug-likeness (QED) is 0.693. The molecule has 0 radical (unpaired) electrons. The fourth-order valence-electron chi connectivity index (χ4n) is 4.02. The zero-order chi connectivity index (χ0) is 21.2. The van der Waals surface area contributed by atoms with Crippen LogP contribution in [0.25, 0.3) is 5.65 Å². The molecule has 2 heterocycles. The molecule has 158 valence electrons. The molecule has 7 heteroatoms. The summed E-state index contributed by atoms with van der Waals surface area (Å²) >= 11 is 0. The molecule has 1 saturated carbocycles. The smallest absolute Gasteiger partial charge is 0.410 e. The number of hydrogen-bond donors (Lipinski definition) is 0. The molecule has 1 aliphatic rings. The fraction of sp³-hybridized carbons (Fsp3) is 0.591. The van der Waals surface area contributed by atoms with Crippen molar-refractivity contribution in [3.8, 4) is 0 Å². The van der Waals surface area contributed by atoms with E-state index in [1.807, 2.05) is 27.0 Å². The van der Waals surface area contributed by atoms with Crippen LogP contribution in [0.4, 0.5) is 4.79 Å². The minimum Gasteiger partial charge on any atom is -0.465 e. The highest BCUT2D eigenvalue weighted by molar-refractivity contribution is 5.95. The number of imidazole rings is 1. The lowest BCUT2D eigenvalue weighted by atomic mass is 9.88. The Kier molecular flexibility index (Phi) is 5.87. The van der Waals surface area contributed by atoms with Gasteiger partial charge in [0.05, 0.1) is 13.7 Å². The monoisotopic (exact) mass is 401 g/mol. The largest absolute Gasteiger partial charge is 0.465 e. The summed E-state index contributed by atoms with van der Waals surface area (Å²) < 4.78 is 12.4. The van der Waals surface area contributed by atoms with Gasteiger partial charge in [-0.15, -0.1) is 0 Å². The van der Waals surface area contributed by atoms with Crippen LogP contribution in [-0.4, -0.2) is 45.6 Å². The maximum Gasteiger partial charge on any atom is 0.410 e. The van der Waals surface area contributed by atoms with Crippen molar-refractivity contribution in [3.63, 3.8) is 0 Å². The van der Waals surface area contributed by atoms with Crippen molar-refractivity contribution in [1.29, 1.82) is 0 Å². The molecule has 0 bridgehead atoms. The first kappa shape index (κ1) is 21.1. The number of esters is 1. The predicted molar refractivity (Wildman–Crippen MR) is 110 cm³/mol. The standard InChI is InChI=1S/C22H31N3O4/c1-21(2,3)29-20(27)25(15-22(4)8-6-7-9-22)14-16-12-17(19(26)28-5)18-23-10-11-24(18)13-16/h10-13H,6-9,14-15H2,1-5H3. The third-order valence-corrected chi connectivity index (χ3v) is 5.36. The Morgan fingerprint density at radius 1 is 1.28 bits per heavy atom. The van der Waals surface area contributed by atoms with Crippen molar-refractivity contribution in [2.24, 2.45) is 5.41 Å². The Hall–Kier alpha value is -2.57. The lowest BCUT2D eigenvalue weighted by Gasteiger charge is -2.34. The molecule has 2 aromatic heterocycles. The third-order valence-electron chi connectivity index (χ3n) is 5.36. The Morgan fingerprint density at radius 2 is 1.97 bits per heavy atom. The van der Waals surface area contributed by atoms with E-state index in [4.69, 9.17) is 9.47 Å². The molecule has 29 heavy (non-hydrogen) atoms. The molecule has 1 aliphatic carbocycles. The molecule has 0 saturated heterocycles. The average molecular weight is 402 g/mol. The van der Waals surface area contributed by atoms with Crippen LogP contribution in [0.5, 0.6) is 0 Å². The normalized spacial score (nSPS) is 16.0. The van der Waals surface area contributed by atoms with E-state index < -0.39 is 11.6 Å². The van der Waals surface area contributed by atoms with E-state index in [0.29, 0.717) is 24.3 Å². The minimum atomic E-state index is -0.572. The Balaban J connectivity index is 1.92. The Bertz CT molecular complexity index is 891. The molecule has 0 unspecified atom stereocenters. The lowest BCUT2D eigenvalue weighted by Crippen LogP contribution is -2.41. The minimum absolute atomic E-state index is 0.0845. The van der Waals surface area contributed by atoms with Crippen LogP contribution in [0.3, 0.4) is 0 Å². The second-order valence-electron chi connectivity index (χ2n) is 9.27. The molecule has 1 fully saturated rings. The van der Waals surface area contributed by atoms with Gasteiger partial charge >= 0.3 is 12.1 Å². The van der Waals surface area contributed by atoms with E-state index in [9.17, 15) is 9.59 Å². The number of ether oxygens (including phenoxy) is 2.